The van der Waals surface area contributed by atoms with Crippen LogP contribution < -0.4 is 10.6 Å². The van der Waals surface area contributed by atoms with Crippen LogP contribution in [-0.2, 0) is 19.9 Å². The molecule has 3 aliphatic heterocycles. The van der Waals surface area contributed by atoms with Crippen molar-refractivity contribution >= 4 is 35.0 Å². The van der Waals surface area contributed by atoms with Crippen molar-refractivity contribution in [1.82, 2.24) is 10.2 Å². The van der Waals surface area contributed by atoms with Gasteiger partial charge in [0.1, 0.15) is 11.4 Å². The van der Waals surface area contributed by atoms with E-state index in [1.165, 1.54) is 18.2 Å². The van der Waals surface area contributed by atoms with Crippen molar-refractivity contribution in [2.24, 2.45) is 11.8 Å². The number of likely N-dealkylation sites (tertiary alicyclic amines) is 1. The van der Waals surface area contributed by atoms with E-state index in [2.05, 4.69) is 10.6 Å². The fourth-order valence-corrected chi connectivity index (χ4v) is 5.63. The van der Waals surface area contributed by atoms with Crippen LogP contribution in [0.1, 0.15) is 38.0 Å². The molecule has 3 aliphatic rings. The highest BCUT2D eigenvalue weighted by Crippen LogP contribution is 2.55. The molecular weight excluding hydrogens is 449 g/mol. The van der Waals surface area contributed by atoms with Crippen LogP contribution >= 0.6 is 11.6 Å². The summed E-state index contributed by atoms with van der Waals surface area (Å²) in [7, 11) is 0. The number of hydrogen-bond acceptors (Lipinski definition) is 5. The third-order valence-electron chi connectivity index (χ3n) is 6.83. The first-order valence-corrected chi connectivity index (χ1v) is 11.1. The van der Waals surface area contributed by atoms with Gasteiger partial charge in [-0.2, -0.15) is 0 Å². The van der Waals surface area contributed by atoms with Gasteiger partial charge in [0.2, 0.25) is 17.7 Å². The van der Waals surface area contributed by atoms with Gasteiger partial charge in [-0.25, -0.2) is 4.39 Å². The lowest BCUT2D eigenvalue weighted by Gasteiger charge is -2.35. The number of fused-ring (bicyclic) bond motifs is 4. The van der Waals surface area contributed by atoms with E-state index in [1.807, 2.05) is 0 Å². The van der Waals surface area contributed by atoms with Gasteiger partial charge in [0.25, 0.3) is 0 Å². The number of carbonyl (C=O) groups excluding carboxylic acids is 3. The molecule has 2 aromatic carbocycles. The van der Waals surface area contributed by atoms with Crippen LogP contribution in [0.3, 0.4) is 0 Å². The molecule has 9 heteroatoms. The van der Waals surface area contributed by atoms with Crippen molar-refractivity contribution in [1.29, 1.82) is 0 Å². The second kappa shape index (κ2) is 7.09. The van der Waals surface area contributed by atoms with Gasteiger partial charge in [-0.1, -0.05) is 23.7 Å². The predicted molar refractivity (Wildman–Crippen MR) is 119 cm³/mol. The van der Waals surface area contributed by atoms with Gasteiger partial charge in [-0.05, 0) is 56.7 Å². The van der Waals surface area contributed by atoms with Crippen molar-refractivity contribution in [3.8, 4) is 0 Å². The molecule has 3 amide bonds. The second-order valence-electron chi connectivity index (χ2n) is 9.80. The van der Waals surface area contributed by atoms with Crippen LogP contribution in [-0.4, -0.2) is 39.3 Å². The number of carbonyl (C=O) groups is 3. The molecule has 7 nitrogen and oxygen atoms in total. The minimum atomic E-state index is -1.69. The molecule has 0 aromatic heterocycles. The molecule has 1 spiro atoms. The van der Waals surface area contributed by atoms with Gasteiger partial charge in [0.15, 0.2) is 0 Å². The third-order valence-corrected chi connectivity index (χ3v) is 7.09. The molecule has 33 heavy (non-hydrogen) atoms. The molecular formula is C24H23ClFN3O4. The Kier molecular flexibility index (Phi) is 4.73. The van der Waals surface area contributed by atoms with E-state index in [1.54, 1.807) is 45.0 Å². The second-order valence-corrected chi connectivity index (χ2v) is 10.2. The topological polar surface area (TPSA) is 98.7 Å². The van der Waals surface area contributed by atoms with Crippen molar-refractivity contribution in [3.63, 3.8) is 0 Å². The summed E-state index contributed by atoms with van der Waals surface area (Å²) in [6.45, 7) is 5.20. The van der Waals surface area contributed by atoms with Crippen molar-refractivity contribution < 1.29 is 23.9 Å². The van der Waals surface area contributed by atoms with Crippen LogP contribution in [0.25, 0.3) is 0 Å². The van der Waals surface area contributed by atoms with Crippen LogP contribution in [0.5, 0.6) is 0 Å². The average molecular weight is 472 g/mol. The van der Waals surface area contributed by atoms with E-state index < -0.39 is 58.6 Å². The van der Waals surface area contributed by atoms with Crippen LogP contribution in [0.4, 0.5) is 10.1 Å². The molecule has 3 N–H and O–H groups in total. The molecule has 172 valence electrons. The van der Waals surface area contributed by atoms with E-state index in [-0.39, 0.29) is 5.56 Å². The summed E-state index contributed by atoms with van der Waals surface area (Å²) in [6.07, 6.45) is -1.23. The number of amides is 3. The number of nitrogens with one attached hydrogen (secondary N) is 2. The van der Waals surface area contributed by atoms with Gasteiger partial charge in [-0.3, -0.25) is 24.6 Å². The Hall–Kier alpha value is -2.81. The van der Waals surface area contributed by atoms with Crippen molar-refractivity contribution in [3.05, 3.63) is 64.4 Å². The maximum atomic E-state index is 14.3. The normalized spacial score (nSPS) is 29.5. The van der Waals surface area contributed by atoms with Crippen molar-refractivity contribution in [2.75, 3.05) is 5.32 Å². The Labute approximate surface area is 194 Å². The lowest BCUT2D eigenvalue weighted by Crippen LogP contribution is -2.56. The van der Waals surface area contributed by atoms with E-state index in [0.29, 0.717) is 16.3 Å². The monoisotopic (exact) mass is 471 g/mol. The molecule has 0 saturated carbocycles. The van der Waals surface area contributed by atoms with Crippen LogP contribution in [0.15, 0.2) is 42.5 Å². The quantitative estimate of drug-likeness (QED) is 0.585. The number of imide groups is 1. The Bertz CT molecular complexity index is 1200. The first-order chi connectivity index (χ1) is 15.5. The summed E-state index contributed by atoms with van der Waals surface area (Å²) in [5.41, 5.74) is -1.43. The molecule has 5 atom stereocenters. The minimum absolute atomic E-state index is 0.255. The Morgan fingerprint density at radius 1 is 1.09 bits per heavy atom. The number of rotatable bonds is 2. The molecule has 0 aliphatic carbocycles. The SMILES string of the molecule is CC(C)(C)N1C(=O)[C@@H]2[C@@H]([C@H](O)c3ccc(Cl)cc3)N[C@@]3(C(=O)Nc4ccc(F)cc43)[C@@H]2C1=O. The Balaban J connectivity index is 1.69. The lowest BCUT2D eigenvalue weighted by molar-refractivity contribution is -0.148. The van der Waals surface area contributed by atoms with Crippen LogP contribution in [0.2, 0.25) is 5.02 Å². The molecule has 0 unspecified atom stereocenters. The average Bonchev–Trinajstić information content (AvgIpc) is 3.33. The van der Waals surface area contributed by atoms with Gasteiger partial charge in [-0.15, -0.1) is 0 Å². The summed E-state index contributed by atoms with van der Waals surface area (Å²) in [5.74, 6) is -4.29. The molecule has 2 saturated heterocycles. The lowest BCUT2D eigenvalue weighted by atomic mass is 9.76. The zero-order chi connectivity index (χ0) is 23.9. The van der Waals surface area contributed by atoms with E-state index in [0.717, 1.165) is 4.90 Å². The fourth-order valence-electron chi connectivity index (χ4n) is 5.50. The highest BCUT2D eigenvalue weighted by atomic mass is 35.5. The smallest absolute Gasteiger partial charge is 0.250 e. The number of hydrogen-bond donors (Lipinski definition) is 3. The summed E-state index contributed by atoms with van der Waals surface area (Å²) in [4.78, 5) is 41.8. The number of aliphatic hydroxyl groups excluding tert-OH is 1. The molecule has 0 bridgehead atoms. The highest BCUT2D eigenvalue weighted by molar-refractivity contribution is 6.30. The molecule has 0 radical (unpaired) electrons. The van der Waals surface area contributed by atoms with Gasteiger partial charge in [0.05, 0.1) is 24.0 Å². The predicted octanol–water partition coefficient (Wildman–Crippen LogP) is 2.73. The summed E-state index contributed by atoms with van der Waals surface area (Å²) >= 11 is 5.97. The number of anilines is 1. The first-order valence-electron chi connectivity index (χ1n) is 10.7. The van der Waals surface area contributed by atoms with E-state index in [9.17, 15) is 23.9 Å². The van der Waals surface area contributed by atoms with Crippen LogP contribution in [0, 0.1) is 17.7 Å². The number of benzene rings is 2. The highest BCUT2D eigenvalue weighted by Gasteiger charge is 2.72. The van der Waals surface area contributed by atoms with Gasteiger partial charge >= 0.3 is 0 Å². The number of nitrogens with zero attached hydrogens (tertiary/aromatic N) is 1. The minimum Gasteiger partial charge on any atom is -0.387 e. The standard InChI is InChI=1S/C24H23ClFN3O4/c1-23(2,3)29-20(31)16-17(21(29)32)24(14-10-13(26)8-9-15(14)27-22(24)33)28-18(16)19(30)11-4-6-12(25)7-5-11/h4-10,16-19,28,30H,1-3H3,(H,27,33)/t16-,17-,18-,19+,24+/m0/s1. The number of halogens is 2. The number of aliphatic hydroxyl groups is 1. The third kappa shape index (κ3) is 2.97. The van der Waals surface area contributed by atoms with Crippen molar-refractivity contribution in [2.45, 2.75) is 44.0 Å². The molecule has 2 aromatic rings. The first kappa shape index (κ1) is 22.0. The summed E-state index contributed by atoms with van der Waals surface area (Å²) in [5, 5.41) is 17.6. The largest absolute Gasteiger partial charge is 0.387 e. The zero-order valence-electron chi connectivity index (χ0n) is 18.2. The molecule has 3 heterocycles. The Morgan fingerprint density at radius 3 is 2.39 bits per heavy atom. The maximum Gasteiger partial charge on any atom is 0.250 e. The summed E-state index contributed by atoms with van der Waals surface area (Å²) in [6, 6.07) is 9.34. The summed E-state index contributed by atoms with van der Waals surface area (Å²) < 4.78 is 14.3. The Morgan fingerprint density at radius 2 is 1.76 bits per heavy atom. The maximum absolute atomic E-state index is 14.3. The van der Waals surface area contributed by atoms with E-state index >= 15 is 0 Å². The van der Waals surface area contributed by atoms with E-state index in [4.69, 9.17) is 11.6 Å². The molecule has 2 fully saturated rings. The van der Waals surface area contributed by atoms with Gasteiger partial charge < -0.3 is 10.4 Å². The molecule has 5 rings (SSSR count). The van der Waals surface area contributed by atoms with Gasteiger partial charge in [0, 0.05) is 21.8 Å². The fraction of sp³-hybridized carbons (Fsp3) is 0.375. The zero-order valence-corrected chi connectivity index (χ0v) is 19.0.